The maximum atomic E-state index is 7.13. The van der Waals surface area contributed by atoms with Gasteiger partial charge in [0, 0.05) is 13.1 Å². The van der Waals surface area contributed by atoms with E-state index in [9.17, 15) is 0 Å². The van der Waals surface area contributed by atoms with Crippen LogP contribution in [-0.2, 0) is 17.1 Å². The molecule has 4 N–H and O–H groups in total. The molecule has 0 saturated heterocycles. The molecule has 2 heterocycles. The molecule has 160 valence electrons. The Morgan fingerprint density at radius 2 is 1.24 bits per heavy atom. The molecule has 8 nitrogen and oxygen atoms in total. The minimum atomic E-state index is 0. The van der Waals surface area contributed by atoms with Crippen molar-refractivity contribution in [1.29, 1.82) is 0 Å². The third kappa shape index (κ3) is 17.1. The quantitative estimate of drug-likeness (QED) is 0.333. The van der Waals surface area contributed by atoms with Crippen LogP contribution >= 0.6 is 24.4 Å². The first kappa shape index (κ1) is 32.2. The Morgan fingerprint density at radius 3 is 1.62 bits per heavy atom. The van der Waals surface area contributed by atoms with E-state index in [1.54, 1.807) is 0 Å². The molecule has 0 unspecified atom stereocenters. The number of thiocarbonyl (C=S) groups is 2. The molecule has 0 spiro atoms. The molecular formula is C18H27FeN7OS2. The van der Waals surface area contributed by atoms with E-state index in [2.05, 4.69) is 50.0 Å². The molecule has 0 aromatic carbocycles. The van der Waals surface area contributed by atoms with Crippen molar-refractivity contribution in [3.8, 4) is 0 Å². The van der Waals surface area contributed by atoms with Gasteiger partial charge in [-0.15, -0.1) is 0 Å². The van der Waals surface area contributed by atoms with Crippen LogP contribution in [0, 0.1) is 0 Å². The van der Waals surface area contributed by atoms with E-state index in [-0.39, 0.29) is 22.5 Å². The molecule has 2 bridgehead atoms. The third-order valence-electron chi connectivity index (χ3n) is 3.47. The Balaban J connectivity index is -0.000000755. The first-order valence-corrected chi connectivity index (χ1v) is 9.36. The minimum absolute atomic E-state index is 0. The Labute approximate surface area is 193 Å². The van der Waals surface area contributed by atoms with Gasteiger partial charge >= 0.3 is 17.1 Å². The zero-order valence-corrected chi connectivity index (χ0v) is 19.3. The number of aliphatic imine (C=N–C) groups is 2. The molecule has 0 radical (unpaired) electrons. The van der Waals surface area contributed by atoms with E-state index in [4.69, 9.17) is 10.8 Å². The van der Waals surface area contributed by atoms with Gasteiger partial charge in [0.2, 0.25) is 0 Å². The average molecular weight is 477 g/mol. The number of isothiocyanates is 2. The Hall–Kier alpha value is -1.51. The van der Waals surface area contributed by atoms with Crippen LogP contribution in [-0.4, -0.2) is 71.5 Å². The Kier molecular flexibility index (Phi) is 25.3. The van der Waals surface area contributed by atoms with Crippen molar-refractivity contribution in [2.24, 2.45) is 9.98 Å². The maximum Gasteiger partial charge on any atom is 2.00 e. The van der Waals surface area contributed by atoms with Gasteiger partial charge in [-0.2, -0.15) is 10.3 Å². The summed E-state index contributed by atoms with van der Waals surface area (Å²) in [5, 5.41) is 23.7. The van der Waals surface area contributed by atoms with Gasteiger partial charge in [-0.25, -0.2) is 4.98 Å². The minimum Gasteiger partial charge on any atom is -0.753 e. The van der Waals surface area contributed by atoms with Crippen LogP contribution in [0.5, 0.6) is 0 Å². The van der Waals surface area contributed by atoms with Crippen molar-refractivity contribution in [2.75, 3.05) is 39.3 Å². The van der Waals surface area contributed by atoms with Crippen LogP contribution in [0.4, 0.5) is 0 Å². The summed E-state index contributed by atoms with van der Waals surface area (Å²) in [7, 11) is 0. The predicted molar refractivity (Wildman–Crippen MR) is 124 cm³/mol. The van der Waals surface area contributed by atoms with Crippen LogP contribution in [0.15, 0.2) is 28.2 Å². The number of nitrogens with one attached hydrogen (secondary N) is 2. The molecule has 29 heavy (non-hydrogen) atoms. The SMILES string of the molecule is CC1=NCCNCCCNCCN=C(C)c2cccc1n2.O.[Fe+2].[N-]=C=S.[N-]=C=S. The fourth-order valence-electron chi connectivity index (χ4n) is 2.19. The fourth-order valence-corrected chi connectivity index (χ4v) is 2.19. The fraction of sp³-hybridized carbons (Fsp3) is 0.500. The van der Waals surface area contributed by atoms with Gasteiger partial charge in [0.05, 0.1) is 35.9 Å². The number of aromatic nitrogens is 1. The van der Waals surface area contributed by atoms with E-state index in [1.165, 1.54) is 10.3 Å². The second kappa shape index (κ2) is 22.8. The summed E-state index contributed by atoms with van der Waals surface area (Å²) in [6, 6.07) is 6.04. The largest absolute Gasteiger partial charge is 2.00 e. The average Bonchev–Trinajstić information content (AvgIpc) is 2.66. The first-order chi connectivity index (χ1) is 13.1. The van der Waals surface area contributed by atoms with Gasteiger partial charge in [-0.3, -0.25) is 9.98 Å². The van der Waals surface area contributed by atoms with E-state index >= 15 is 0 Å². The van der Waals surface area contributed by atoms with Gasteiger partial charge < -0.3 is 26.9 Å². The van der Waals surface area contributed by atoms with Gasteiger partial charge in [-0.1, -0.05) is 30.5 Å². The van der Waals surface area contributed by atoms with Crippen molar-refractivity contribution >= 4 is 46.2 Å². The molecule has 2 rings (SSSR count). The molecule has 0 saturated carbocycles. The zero-order chi connectivity index (χ0) is 20.3. The summed E-state index contributed by atoms with van der Waals surface area (Å²) >= 11 is 7.40. The summed E-state index contributed by atoms with van der Waals surface area (Å²) < 4.78 is 0. The van der Waals surface area contributed by atoms with E-state index < -0.39 is 0 Å². The molecule has 11 heteroatoms. The molecule has 0 atom stereocenters. The van der Waals surface area contributed by atoms with Gasteiger partial charge in [0.15, 0.2) is 0 Å². The second-order valence-electron chi connectivity index (χ2n) is 5.38. The van der Waals surface area contributed by atoms with Crippen LogP contribution in [0.1, 0.15) is 31.7 Å². The molecule has 0 amide bonds. The van der Waals surface area contributed by atoms with E-state index in [0.29, 0.717) is 0 Å². The summed E-state index contributed by atoms with van der Waals surface area (Å²) in [6.07, 6.45) is 1.13. The molecule has 0 fully saturated rings. The summed E-state index contributed by atoms with van der Waals surface area (Å²) in [4.78, 5) is 13.8. The van der Waals surface area contributed by atoms with Gasteiger partial charge in [-0.05, 0) is 45.5 Å². The molecule has 1 aromatic heterocycles. The van der Waals surface area contributed by atoms with Crippen molar-refractivity contribution in [1.82, 2.24) is 15.6 Å². The van der Waals surface area contributed by atoms with Crippen LogP contribution in [0.25, 0.3) is 10.8 Å². The predicted octanol–water partition coefficient (Wildman–Crippen LogP) is 1.77. The Bertz CT molecular complexity index is 633. The van der Waals surface area contributed by atoms with Crippen molar-refractivity contribution in [2.45, 2.75) is 20.3 Å². The number of fused-ring (bicyclic) bond motifs is 2. The van der Waals surface area contributed by atoms with Gasteiger partial charge in [0.25, 0.3) is 0 Å². The van der Waals surface area contributed by atoms with Crippen molar-refractivity contribution in [3.63, 3.8) is 0 Å². The number of nitrogens with zero attached hydrogens (tertiary/aromatic N) is 5. The molecule has 1 aromatic rings. The summed E-state index contributed by atoms with van der Waals surface area (Å²) in [6.45, 7) is 9.50. The number of rotatable bonds is 0. The van der Waals surface area contributed by atoms with Crippen molar-refractivity contribution < 1.29 is 22.5 Å². The molecule has 0 aliphatic carbocycles. The Morgan fingerprint density at radius 1 is 0.862 bits per heavy atom. The summed E-state index contributed by atoms with van der Waals surface area (Å²) in [5.74, 6) is 0. The van der Waals surface area contributed by atoms with E-state index in [0.717, 1.165) is 68.5 Å². The number of hydrogen-bond acceptors (Lipinski definition) is 7. The number of pyridine rings is 1. The van der Waals surface area contributed by atoms with Crippen LogP contribution < -0.4 is 10.6 Å². The molecule has 1 aliphatic rings. The molecule has 1 aliphatic heterocycles. The zero-order valence-electron chi connectivity index (χ0n) is 16.6. The second-order valence-corrected chi connectivity index (χ2v) is 5.74. The molecular weight excluding hydrogens is 450 g/mol. The van der Waals surface area contributed by atoms with Gasteiger partial charge in [0.1, 0.15) is 0 Å². The van der Waals surface area contributed by atoms with Crippen molar-refractivity contribution in [3.05, 3.63) is 40.4 Å². The van der Waals surface area contributed by atoms with Crippen LogP contribution in [0.2, 0.25) is 0 Å². The number of hydrogen-bond donors (Lipinski definition) is 2. The van der Waals surface area contributed by atoms with Crippen LogP contribution in [0.3, 0.4) is 0 Å². The smallest absolute Gasteiger partial charge is 0.753 e. The standard InChI is InChI=1S/C16H25N5.2CNS.Fe.H2O/c1-13-15-5-3-6-16(21-15)14(2)20-12-10-18-8-4-7-17-9-11-19-13;2*2-1-3;;/h3,5-6,17-18H,4,7-12H2,1-2H3;;;;1H2/q;2*-1;+2;. The third-order valence-corrected chi connectivity index (χ3v) is 3.47. The van der Waals surface area contributed by atoms with E-state index in [1.807, 2.05) is 32.0 Å². The maximum absolute atomic E-state index is 7.13. The first-order valence-electron chi connectivity index (χ1n) is 8.54. The normalized spacial score (nSPS) is 14.1. The topological polar surface area (TPSA) is 138 Å². The summed E-state index contributed by atoms with van der Waals surface area (Å²) in [5.41, 5.74) is 3.85. The monoisotopic (exact) mass is 477 g/mol.